The number of rotatable bonds is 9. The number of carboxylic acid groups (broad SMARTS) is 1. The predicted molar refractivity (Wildman–Crippen MR) is 183 cm³/mol. The second-order valence-electron chi connectivity index (χ2n) is 12.5. The molecule has 1 aliphatic heterocycles. The fourth-order valence-corrected chi connectivity index (χ4v) is 7.25. The summed E-state index contributed by atoms with van der Waals surface area (Å²) in [6.07, 6.45) is 1.24. The Bertz CT molecular complexity index is 2030. The molecule has 1 N–H and O–H groups in total. The molecule has 0 saturated carbocycles. The van der Waals surface area contributed by atoms with Crippen molar-refractivity contribution in [2.24, 2.45) is 7.05 Å². The number of hydrogen-bond acceptors (Lipinski definition) is 5. The average Bonchev–Trinajstić information content (AvgIpc) is 3.69. The standard InChI is InChI=1S/C36H38Cl2N4O5/c1-18-15-25(16-19(2)32(18)38)46-14-8-9-26-27-11-12-28(37)31(30-20(3)39-40(7)23(30)6)33(27)42-22(5)21(4)41(35(43)34(26)42)17-24-10-13-29(47-24)36(44)45/h10-13,15-16,21-22H,8-9,14,17H2,1-7H3,(H,44,45)/t21-,22?/m1/s1. The van der Waals surface area contributed by atoms with Crippen molar-refractivity contribution in [3.05, 3.63) is 91.7 Å². The Balaban J connectivity index is 1.46. The molecular formula is C36H38Cl2N4O5. The highest BCUT2D eigenvalue weighted by molar-refractivity contribution is 6.35. The SMILES string of the molecule is Cc1cc(OCCCc2c3n(c4c(-c5c(C)nn(C)c5C)c(Cl)ccc24)C(C)[C@@H](C)N(Cc2ccc(C(=O)O)o2)C3=O)cc(C)c1Cl. The fourth-order valence-electron chi connectivity index (χ4n) is 6.90. The van der Waals surface area contributed by atoms with Crippen LogP contribution in [0.25, 0.3) is 22.0 Å². The highest BCUT2D eigenvalue weighted by Crippen LogP contribution is 2.45. The van der Waals surface area contributed by atoms with Gasteiger partial charge in [0.05, 0.1) is 41.5 Å². The number of furan rings is 1. The molecule has 1 amide bonds. The first-order valence-electron chi connectivity index (χ1n) is 15.7. The van der Waals surface area contributed by atoms with Crippen molar-refractivity contribution in [1.82, 2.24) is 19.2 Å². The van der Waals surface area contributed by atoms with Gasteiger partial charge in [0.2, 0.25) is 5.76 Å². The van der Waals surface area contributed by atoms with Crippen LogP contribution < -0.4 is 4.74 Å². The monoisotopic (exact) mass is 676 g/mol. The number of hydrogen-bond donors (Lipinski definition) is 1. The first-order chi connectivity index (χ1) is 22.3. The number of benzene rings is 2. The van der Waals surface area contributed by atoms with E-state index in [4.69, 9.17) is 32.4 Å². The van der Waals surface area contributed by atoms with Crippen LogP contribution in [0.5, 0.6) is 5.75 Å². The number of carboxylic acids is 1. The molecule has 11 heteroatoms. The van der Waals surface area contributed by atoms with Crippen LogP contribution in [-0.2, 0) is 20.0 Å². The lowest BCUT2D eigenvalue weighted by Gasteiger charge is -2.39. The lowest BCUT2D eigenvalue weighted by molar-refractivity contribution is 0.0523. The first kappa shape index (κ1) is 32.7. The van der Waals surface area contributed by atoms with Crippen molar-refractivity contribution >= 4 is 46.0 Å². The van der Waals surface area contributed by atoms with E-state index in [2.05, 4.69) is 16.6 Å². The molecule has 0 saturated heterocycles. The number of halogens is 2. The predicted octanol–water partition coefficient (Wildman–Crippen LogP) is 8.49. The zero-order valence-electron chi connectivity index (χ0n) is 27.6. The lowest BCUT2D eigenvalue weighted by atomic mass is 9.98. The molecular weight excluding hydrogens is 639 g/mol. The van der Waals surface area contributed by atoms with E-state index >= 15 is 0 Å². The van der Waals surface area contributed by atoms with Crippen molar-refractivity contribution < 1.29 is 23.8 Å². The molecule has 0 aliphatic carbocycles. The third kappa shape index (κ3) is 5.59. The second kappa shape index (κ2) is 12.4. The van der Waals surface area contributed by atoms with E-state index in [0.29, 0.717) is 35.9 Å². The Morgan fingerprint density at radius 2 is 1.72 bits per heavy atom. The molecule has 6 rings (SSSR count). The van der Waals surface area contributed by atoms with Crippen LogP contribution in [0.2, 0.25) is 10.0 Å². The Kier molecular flexibility index (Phi) is 8.65. The maximum atomic E-state index is 14.6. The number of carbonyl (C=O) groups excluding carboxylic acids is 1. The summed E-state index contributed by atoms with van der Waals surface area (Å²) in [5.41, 5.74) is 7.99. The molecule has 0 spiro atoms. The number of fused-ring (bicyclic) bond motifs is 3. The zero-order valence-corrected chi connectivity index (χ0v) is 29.1. The molecule has 0 bridgehead atoms. The molecule has 0 radical (unpaired) electrons. The molecule has 4 heterocycles. The van der Waals surface area contributed by atoms with Crippen molar-refractivity contribution in [3.8, 4) is 16.9 Å². The largest absolute Gasteiger partial charge is 0.494 e. The number of aromatic nitrogens is 3. The van der Waals surface area contributed by atoms with Gasteiger partial charge in [0.25, 0.3) is 5.91 Å². The van der Waals surface area contributed by atoms with E-state index < -0.39 is 5.97 Å². The van der Waals surface area contributed by atoms with Crippen LogP contribution in [-0.4, -0.2) is 48.9 Å². The van der Waals surface area contributed by atoms with E-state index in [0.717, 1.165) is 60.9 Å². The fraction of sp³-hybridized carbons (Fsp3) is 0.361. The summed E-state index contributed by atoms with van der Waals surface area (Å²) in [4.78, 5) is 27.8. The van der Waals surface area contributed by atoms with Gasteiger partial charge < -0.3 is 23.7 Å². The van der Waals surface area contributed by atoms with Gasteiger partial charge in [-0.05, 0) is 101 Å². The molecule has 9 nitrogen and oxygen atoms in total. The highest BCUT2D eigenvalue weighted by atomic mass is 35.5. The maximum Gasteiger partial charge on any atom is 0.371 e. The van der Waals surface area contributed by atoms with Gasteiger partial charge in [0, 0.05) is 34.3 Å². The van der Waals surface area contributed by atoms with Crippen molar-refractivity contribution in [2.75, 3.05) is 6.61 Å². The Morgan fingerprint density at radius 3 is 2.34 bits per heavy atom. The number of aromatic carboxylic acids is 1. The van der Waals surface area contributed by atoms with Crippen LogP contribution in [0.1, 0.15) is 81.2 Å². The molecule has 2 atom stereocenters. The number of aryl methyl sites for hydroxylation is 5. The summed E-state index contributed by atoms with van der Waals surface area (Å²) in [6.45, 7) is 12.6. The molecule has 47 heavy (non-hydrogen) atoms. The van der Waals surface area contributed by atoms with Gasteiger partial charge in [0.15, 0.2) is 0 Å². The topological polar surface area (TPSA) is 103 Å². The van der Waals surface area contributed by atoms with Crippen LogP contribution >= 0.6 is 23.2 Å². The second-order valence-corrected chi connectivity index (χ2v) is 13.3. The minimum atomic E-state index is -1.15. The van der Waals surface area contributed by atoms with E-state index in [9.17, 15) is 14.7 Å². The average molecular weight is 678 g/mol. The van der Waals surface area contributed by atoms with Crippen LogP contribution in [0, 0.1) is 27.7 Å². The maximum absolute atomic E-state index is 14.6. The molecule has 1 unspecified atom stereocenters. The van der Waals surface area contributed by atoms with Gasteiger partial charge in [-0.15, -0.1) is 0 Å². The molecule has 1 aliphatic rings. The van der Waals surface area contributed by atoms with Gasteiger partial charge in [0.1, 0.15) is 17.2 Å². The van der Waals surface area contributed by atoms with Gasteiger partial charge in [-0.2, -0.15) is 5.10 Å². The van der Waals surface area contributed by atoms with Gasteiger partial charge >= 0.3 is 5.97 Å². The molecule has 2 aromatic carbocycles. The number of amides is 1. The van der Waals surface area contributed by atoms with E-state index in [1.165, 1.54) is 6.07 Å². The Labute approximate surface area is 283 Å². The van der Waals surface area contributed by atoms with E-state index in [1.54, 1.807) is 11.0 Å². The molecule has 0 fully saturated rings. The lowest BCUT2D eigenvalue weighted by Crippen LogP contribution is -2.48. The Morgan fingerprint density at radius 1 is 1.02 bits per heavy atom. The smallest absolute Gasteiger partial charge is 0.371 e. The van der Waals surface area contributed by atoms with Gasteiger partial charge in [-0.25, -0.2) is 4.79 Å². The number of ether oxygens (including phenoxy) is 1. The molecule has 3 aromatic heterocycles. The van der Waals surface area contributed by atoms with E-state index in [1.807, 2.05) is 70.6 Å². The summed E-state index contributed by atoms with van der Waals surface area (Å²) in [6, 6.07) is 10.4. The van der Waals surface area contributed by atoms with E-state index in [-0.39, 0.29) is 30.3 Å². The minimum Gasteiger partial charge on any atom is -0.494 e. The summed E-state index contributed by atoms with van der Waals surface area (Å²) in [7, 11) is 1.92. The summed E-state index contributed by atoms with van der Waals surface area (Å²) < 4.78 is 15.7. The van der Waals surface area contributed by atoms with Crippen molar-refractivity contribution in [1.29, 1.82) is 0 Å². The van der Waals surface area contributed by atoms with Gasteiger partial charge in [-0.3, -0.25) is 9.48 Å². The van der Waals surface area contributed by atoms with Crippen LogP contribution in [0.3, 0.4) is 0 Å². The summed E-state index contributed by atoms with van der Waals surface area (Å²) >= 11 is 13.4. The zero-order chi connectivity index (χ0) is 33.9. The summed E-state index contributed by atoms with van der Waals surface area (Å²) in [5.74, 6) is -0.294. The van der Waals surface area contributed by atoms with Crippen molar-refractivity contribution in [2.45, 2.75) is 73.0 Å². The van der Waals surface area contributed by atoms with Gasteiger partial charge in [-0.1, -0.05) is 29.3 Å². The minimum absolute atomic E-state index is 0.140. The van der Waals surface area contributed by atoms with Crippen LogP contribution in [0.15, 0.2) is 40.8 Å². The third-order valence-electron chi connectivity index (χ3n) is 9.49. The number of carbonyl (C=O) groups is 2. The third-order valence-corrected chi connectivity index (χ3v) is 10.4. The quantitative estimate of drug-likeness (QED) is 0.157. The first-order valence-corrected chi connectivity index (χ1v) is 16.4. The highest BCUT2D eigenvalue weighted by Gasteiger charge is 2.40. The number of nitrogens with zero attached hydrogens (tertiary/aromatic N) is 4. The van der Waals surface area contributed by atoms with Crippen molar-refractivity contribution in [3.63, 3.8) is 0 Å². The summed E-state index contributed by atoms with van der Waals surface area (Å²) in [5, 5.41) is 16.3. The molecule has 5 aromatic rings. The Hall–Kier alpha value is -4.21. The normalized spacial score (nSPS) is 16.3. The van der Waals surface area contributed by atoms with Crippen LogP contribution in [0.4, 0.5) is 0 Å². The molecule has 246 valence electrons.